The largest absolute Gasteiger partial charge is 0.388 e. The summed E-state index contributed by atoms with van der Waals surface area (Å²) in [6.45, 7) is 5.76. The van der Waals surface area contributed by atoms with Gasteiger partial charge in [-0.05, 0) is 64.5 Å². The summed E-state index contributed by atoms with van der Waals surface area (Å²) in [6, 6.07) is 7.26. The summed E-state index contributed by atoms with van der Waals surface area (Å²) in [7, 11) is 0.489. The third kappa shape index (κ3) is 6.03. The Morgan fingerprint density at radius 1 is 1.14 bits per heavy atom. The van der Waals surface area contributed by atoms with Crippen LogP contribution in [0.5, 0.6) is 0 Å². The van der Waals surface area contributed by atoms with Crippen molar-refractivity contribution >= 4 is 15.7 Å². The van der Waals surface area contributed by atoms with Gasteiger partial charge in [0.2, 0.25) is 10.0 Å². The van der Waals surface area contributed by atoms with E-state index in [0.717, 1.165) is 25.1 Å². The van der Waals surface area contributed by atoms with Gasteiger partial charge in [-0.25, -0.2) is 13.1 Å². The van der Waals surface area contributed by atoms with E-state index in [-0.39, 0.29) is 0 Å². The average Bonchev–Trinajstić information content (AvgIpc) is 2.46. The highest BCUT2D eigenvalue weighted by Gasteiger charge is 2.12. The fourth-order valence-corrected chi connectivity index (χ4v) is 2.91. The van der Waals surface area contributed by atoms with Crippen LogP contribution in [-0.4, -0.2) is 46.5 Å². The zero-order chi connectivity index (χ0) is 15.9. The van der Waals surface area contributed by atoms with Crippen LogP contribution in [0.3, 0.4) is 0 Å². The van der Waals surface area contributed by atoms with Crippen molar-refractivity contribution in [1.29, 1.82) is 0 Å². The number of rotatable bonds is 9. The van der Waals surface area contributed by atoms with Crippen molar-refractivity contribution in [2.75, 3.05) is 32.5 Å². The van der Waals surface area contributed by atoms with Gasteiger partial charge in [0, 0.05) is 25.3 Å². The summed E-state index contributed by atoms with van der Waals surface area (Å²) in [5.74, 6) is 0. The van der Waals surface area contributed by atoms with Gasteiger partial charge in [0.15, 0.2) is 0 Å². The van der Waals surface area contributed by atoms with Gasteiger partial charge < -0.3 is 10.2 Å². The van der Waals surface area contributed by atoms with Crippen molar-refractivity contribution in [3.63, 3.8) is 0 Å². The molecule has 0 saturated carbocycles. The summed E-state index contributed by atoms with van der Waals surface area (Å²) < 4.78 is 26.8. The van der Waals surface area contributed by atoms with Crippen LogP contribution in [0.15, 0.2) is 29.2 Å². The molecule has 1 rings (SSSR count). The van der Waals surface area contributed by atoms with Crippen molar-refractivity contribution < 1.29 is 8.42 Å². The number of nitrogens with one attached hydrogen (secondary N) is 2. The van der Waals surface area contributed by atoms with Gasteiger partial charge in [-0.2, -0.15) is 0 Å². The molecule has 0 spiro atoms. The van der Waals surface area contributed by atoms with E-state index in [1.165, 1.54) is 0 Å². The minimum absolute atomic E-state index is 0.306. The molecule has 0 aromatic heterocycles. The second-order valence-electron chi connectivity index (χ2n) is 5.45. The Kier molecular flexibility index (Phi) is 7.14. The molecule has 0 saturated heterocycles. The van der Waals surface area contributed by atoms with Crippen LogP contribution in [0.25, 0.3) is 0 Å². The molecule has 0 aliphatic heterocycles. The molecule has 120 valence electrons. The lowest BCUT2D eigenvalue weighted by Crippen LogP contribution is -2.29. The first-order valence-corrected chi connectivity index (χ1v) is 8.83. The molecule has 2 N–H and O–H groups in total. The number of benzene rings is 1. The molecule has 0 aliphatic rings. The van der Waals surface area contributed by atoms with Gasteiger partial charge in [0.1, 0.15) is 0 Å². The Morgan fingerprint density at radius 2 is 1.76 bits per heavy atom. The molecule has 0 radical (unpaired) electrons. The Labute approximate surface area is 128 Å². The second-order valence-corrected chi connectivity index (χ2v) is 7.22. The van der Waals surface area contributed by atoms with Gasteiger partial charge in [0.25, 0.3) is 0 Å². The number of hydrogen-bond donors (Lipinski definition) is 2. The molecule has 6 heteroatoms. The van der Waals surface area contributed by atoms with Crippen molar-refractivity contribution in [2.45, 2.75) is 37.6 Å². The Bertz CT molecular complexity index is 512. The third-order valence-corrected chi connectivity index (χ3v) is 5.04. The summed E-state index contributed by atoms with van der Waals surface area (Å²) in [5, 5.41) is 2.97. The van der Waals surface area contributed by atoms with Crippen molar-refractivity contribution in [1.82, 2.24) is 9.62 Å². The lowest BCUT2D eigenvalue weighted by molar-refractivity contribution is 0.268. The third-order valence-electron chi connectivity index (χ3n) is 3.56. The van der Waals surface area contributed by atoms with Crippen LogP contribution in [0.2, 0.25) is 0 Å². The SMILES string of the molecule is CNc1ccc(S(=O)(=O)NCCCCN(C)C(C)C)cc1. The van der Waals surface area contributed by atoms with Crippen LogP contribution in [0.1, 0.15) is 26.7 Å². The lowest BCUT2D eigenvalue weighted by atomic mass is 10.2. The molecule has 0 heterocycles. The van der Waals surface area contributed by atoms with Gasteiger partial charge in [-0.1, -0.05) is 0 Å². The van der Waals surface area contributed by atoms with E-state index < -0.39 is 10.0 Å². The number of sulfonamides is 1. The average molecular weight is 313 g/mol. The predicted octanol–water partition coefficient (Wildman–Crippen LogP) is 2.13. The van der Waals surface area contributed by atoms with E-state index in [1.807, 2.05) is 0 Å². The fourth-order valence-electron chi connectivity index (χ4n) is 1.84. The maximum atomic E-state index is 12.1. The second kappa shape index (κ2) is 8.36. The molecular formula is C15H27N3O2S. The molecule has 0 atom stereocenters. The van der Waals surface area contributed by atoms with E-state index in [2.05, 4.69) is 35.8 Å². The van der Waals surface area contributed by atoms with Crippen LogP contribution in [0.4, 0.5) is 5.69 Å². The molecule has 0 amide bonds. The highest BCUT2D eigenvalue weighted by Crippen LogP contribution is 2.13. The smallest absolute Gasteiger partial charge is 0.240 e. The molecule has 1 aromatic rings. The van der Waals surface area contributed by atoms with Crippen molar-refractivity contribution in [3.8, 4) is 0 Å². The van der Waals surface area contributed by atoms with Crippen molar-refractivity contribution in [3.05, 3.63) is 24.3 Å². The number of nitrogens with zero attached hydrogens (tertiary/aromatic N) is 1. The van der Waals surface area contributed by atoms with E-state index in [1.54, 1.807) is 31.3 Å². The fraction of sp³-hybridized carbons (Fsp3) is 0.600. The molecular weight excluding hydrogens is 286 g/mol. The molecule has 1 aromatic carbocycles. The maximum Gasteiger partial charge on any atom is 0.240 e. The van der Waals surface area contributed by atoms with Crippen LogP contribution in [-0.2, 0) is 10.0 Å². The zero-order valence-electron chi connectivity index (χ0n) is 13.4. The van der Waals surface area contributed by atoms with Gasteiger partial charge in [-0.3, -0.25) is 0 Å². The predicted molar refractivity (Wildman–Crippen MR) is 88.2 cm³/mol. The van der Waals surface area contributed by atoms with Crippen LogP contribution >= 0.6 is 0 Å². The first kappa shape index (κ1) is 17.9. The van der Waals surface area contributed by atoms with Crippen LogP contribution in [0, 0.1) is 0 Å². The summed E-state index contributed by atoms with van der Waals surface area (Å²) >= 11 is 0. The van der Waals surface area contributed by atoms with Gasteiger partial charge >= 0.3 is 0 Å². The number of unbranched alkanes of at least 4 members (excludes halogenated alkanes) is 1. The molecule has 5 nitrogen and oxygen atoms in total. The highest BCUT2D eigenvalue weighted by atomic mass is 32.2. The quantitative estimate of drug-likeness (QED) is 0.686. The molecule has 0 aliphatic carbocycles. The maximum absolute atomic E-state index is 12.1. The Morgan fingerprint density at radius 3 is 2.29 bits per heavy atom. The van der Waals surface area contributed by atoms with Gasteiger partial charge in [0.05, 0.1) is 4.90 Å². The minimum Gasteiger partial charge on any atom is -0.388 e. The standard InChI is InChI=1S/C15H27N3O2S/c1-13(2)18(4)12-6-5-11-17-21(19,20)15-9-7-14(16-3)8-10-15/h7-10,13,16-17H,5-6,11-12H2,1-4H3. The minimum atomic E-state index is -3.39. The van der Waals surface area contributed by atoms with Crippen molar-refractivity contribution in [2.24, 2.45) is 0 Å². The zero-order valence-corrected chi connectivity index (χ0v) is 14.2. The lowest BCUT2D eigenvalue weighted by Gasteiger charge is -2.20. The molecule has 0 fully saturated rings. The van der Waals surface area contributed by atoms with Crippen LogP contribution < -0.4 is 10.0 Å². The molecule has 21 heavy (non-hydrogen) atoms. The topological polar surface area (TPSA) is 61.4 Å². The first-order valence-electron chi connectivity index (χ1n) is 7.34. The Balaban J connectivity index is 2.39. The number of anilines is 1. The molecule has 0 bridgehead atoms. The van der Waals surface area contributed by atoms with E-state index in [4.69, 9.17) is 0 Å². The number of hydrogen-bond acceptors (Lipinski definition) is 4. The van der Waals surface area contributed by atoms with E-state index in [9.17, 15) is 8.42 Å². The Hall–Kier alpha value is -1.11. The summed E-state index contributed by atoms with van der Waals surface area (Å²) in [6.07, 6.45) is 1.82. The monoisotopic (exact) mass is 313 g/mol. The van der Waals surface area contributed by atoms with E-state index >= 15 is 0 Å². The van der Waals surface area contributed by atoms with E-state index in [0.29, 0.717) is 17.5 Å². The molecule has 0 unspecified atom stereocenters. The van der Waals surface area contributed by atoms with Gasteiger partial charge in [-0.15, -0.1) is 0 Å². The first-order chi connectivity index (χ1) is 9.86. The normalized spacial score (nSPS) is 12.1. The highest BCUT2D eigenvalue weighted by molar-refractivity contribution is 7.89. The summed E-state index contributed by atoms with van der Waals surface area (Å²) in [4.78, 5) is 2.56. The summed E-state index contributed by atoms with van der Waals surface area (Å²) in [5.41, 5.74) is 0.894.